The van der Waals surface area contributed by atoms with Crippen molar-refractivity contribution in [3.63, 3.8) is 0 Å². The van der Waals surface area contributed by atoms with Gasteiger partial charge in [0.25, 0.3) is 0 Å². The largest absolute Gasteiger partial charge is 0.337 e. The Labute approximate surface area is 202 Å². The highest BCUT2D eigenvalue weighted by atomic mass is 32.2. The molecule has 1 aliphatic rings. The van der Waals surface area contributed by atoms with Crippen LogP contribution in [-0.4, -0.2) is 53.7 Å². The first-order valence-electron chi connectivity index (χ1n) is 12.0. The Morgan fingerprint density at radius 3 is 2.18 bits per heavy atom. The van der Waals surface area contributed by atoms with Crippen LogP contribution in [0.25, 0.3) is 0 Å². The number of aryl methyl sites for hydroxylation is 1. The molecule has 33 heavy (non-hydrogen) atoms. The molecular formula is C29H34N2OS. The highest BCUT2D eigenvalue weighted by molar-refractivity contribution is 7.99. The Morgan fingerprint density at radius 1 is 0.818 bits per heavy atom. The van der Waals surface area contributed by atoms with E-state index in [1.165, 1.54) is 21.6 Å². The first-order chi connectivity index (χ1) is 16.2. The molecule has 1 amide bonds. The van der Waals surface area contributed by atoms with Gasteiger partial charge in [-0.15, -0.1) is 11.8 Å². The zero-order valence-electron chi connectivity index (χ0n) is 19.5. The molecule has 172 valence electrons. The third-order valence-corrected chi connectivity index (χ3v) is 7.55. The fourth-order valence-corrected chi connectivity index (χ4v) is 5.41. The predicted octanol–water partition coefficient (Wildman–Crippen LogP) is 5.48. The van der Waals surface area contributed by atoms with E-state index in [-0.39, 0.29) is 6.04 Å². The van der Waals surface area contributed by atoms with Gasteiger partial charge in [0.1, 0.15) is 0 Å². The van der Waals surface area contributed by atoms with Crippen LogP contribution in [0.2, 0.25) is 0 Å². The summed E-state index contributed by atoms with van der Waals surface area (Å²) < 4.78 is 0. The van der Waals surface area contributed by atoms with E-state index >= 15 is 0 Å². The van der Waals surface area contributed by atoms with E-state index in [9.17, 15) is 4.79 Å². The van der Waals surface area contributed by atoms with E-state index in [0.717, 1.165) is 44.8 Å². The third kappa shape index (κ3) is 7.21. The number of carbonyl (C=O) groups excluding carboxylic acids is 1. The topological polar surface area (TPSA) is 23.6 Å². The second-order valence-corrected chi connectivity index (χ2v) is 9.98. The molecule has 4 rings (SSSR count). The van der Waals surface area contributed by atoms with E-state index in [1.54, 1.807) is 0 Å². The fraction of sp³-hybridized carbons (Fsp3) is 0.345. The Balaban J connectivity index is 1.41. The lowest BCUT2D eigenvalue weighted by atomic mass is 10.1. The normalized spacial score (nSPS) is 15.9. The quantitative estimate of drug-likeness (QED) is 0.397. The second kappa shape index (κ2) is 12.1. The van der Waals surface area contributed by atoms with Crippen molar-refractivity contribution in [1.82, 2.24) is 9.80 Å². The standard InChI is InChI=1S/C29H34N2OS/c1-24-12-14-28(15-13-24)33-23-27(22-26-10-6-3-7-11-26)31-21-20-30(19-17-29(31)32)18-16-25-8-4-2-5-9-25/h2-15,27H,16-23H2,1H3/t27-/m0/s1. The number of carbonyl (C=O) groups is 1. The van der Waals surface area contributed by atoms with E-state index in [1.807, 2.05) is 11.8 Å². The van der Waals surface area contributed by atoms with Crippen LogP contribution in [0.15, 0.2) is 89.8 Å². The summed E-state index contributed by atoms with van der Waals surface area (Å²) in [5.41, 5.74) is 3.94. The first-order valence-corrected chi connectivity index (χ1v) is 12.9. The minimum atomic E-state index is 0.195. The zero-order chi connectivity index (χ0) is 22.9. The zero-order valence-corrected chi connectivity index (χ0v) is 20.3. The fourth-order valence-electron chi connectivity index (χ4n) is 4.40. The van der Waals surface area contributed by atoms with Crippen molar-refractivity contribution in [2.45, 2.75) is 37.1 Å². The molecule has 0 unspecified atom stereocenters. The molecule has 0 spiro atoms. The lowest BCUT2D eigenvalue weighted by Crippen LogP contribution is -2.44. The van der Waals surface area contributed by atoms with Crippen molar-refractivity contribution in [3.05, 3.63) is 102 Å². The predicted molar refractivity (Wildman–Crippen MR) is 139 cm³/mol. The summed E-state index contributed by atoms with van der Waals surface area (Å²) in [4.78, 5) is 19.1. The van der Waals surface area contributed by atoms with E-state index < -0.39 is 0 Å². The Bertz CT molecular complexity index is 991. The van der Waals surface area contributed by atoms with E-state index in [4.69, 9.17) is 0 Å². The molecular weight excluding hydrogens is 424 g/mol. The van der Waals surface area contributed by atoms with Crippen LogP contribution in [0.4, 0.5) is 0 Å². The van der Waals surface area contributed by atoms with Crippen molar-refractivity contribution in [3.8, 4) is 0 Å². The van der Waals surface area contributed by atoms with Gasteiger partial charge in [-0.05, 0) is 43.0 Å². The molecule has 0 aromatic heterocycles. The summed E-state index contributed by atoms with van der Waals surface area (Å²) in [5, 5.41) is 0. The van der Waals surface area contributed by atoms with Crippen molar-refractivity contribution in [1.29, 1.82) is 0 Å². The summed E-state index contributed by atoms with van der Waals surface area (Å²) in [6, 6.07) is 30.1. The van der Waals surface area contributed by atoms with Crippen molar-refractivity contribution >= 4 is 17.7 Å². The molecule has 1 saturated heterocycles. The number of rotatable bonds is 9. The van der Waals surface area contributed by atoms with Crippen LogP contribution >= 0.6 is 11.8 Å². The van der Waals surface area contributed by atoms with Crippen LogP contribution in [0.3, 0.4) is 0 Å². The molecule has 4 heteroatoms. The molecule has 1 aliphatic heterocycles. The van der Waals surface area contributed by atoms with Gasteiger partial charge in [0.15, 0.2) is 0 Å². The third-order valence-electron chi connectivity index (χ3n) is 6.40. The average Bonchev–Trinajstić information content (AvgIpc) is 3.04. The number of hydrogen-bond acceptors (Lipinski definition) is 3. The van der Waals surface area contributed by atoms with Crippen LogP contribution in [0.5, 0.6) is 0 Å². The van der Waals surface area contributed by atoms with Gasteiger partial charge >= 0.3 is 0 Å². The van der Waals surface area contributed by atoms with Gasteiger partial charge in [-0.25, -0.2) is 0 Å². The smallest absolute Gasteiger partial charge is 0.224 e. The van der Waals surface area contributed by atoms with Gasteiger partial charge in [0.2, 0.25) is 5.91 Å². The molecule has 3 aromatic rings. The molecule has 3 aromatic carbocycles. The summed E-state index contributed by atoms with van der Waals surface area (Å²) in [7, 11) is 0. The molecule has 3 nitrogen and oxygen atoms in total. The first kappa shape index (κ1) is 23.6. The van der Waals surface area contributed by atoms with Crippen molar-refractivity contribution in [2.75, 3.05) is 31.9 Å². The molecule has 0 bridgehead atoms. The van der Waals surface area contributed by atoms with Crippen molar-refractivity contribution in [2.24, 2.45) is 0 Å². The molecule has 0 N–H and O–H groups in total. The molecule has 1 heterocycles. The minimum absolute atomic E-state index is 0.195. The molecule has 1 atom stereocenters. The summed E-state index contributed by atoms with van der Waals surface area (Å²) in [5.74, 6) is 1.20. The summed E-state index contributed by atoms with van der Waals surface area (Å²) in [6.45, 7) is 5.72. The lowest BCUT2D eigenvalue weighted by Gasteiger charge is -2.31. The van der Waals surface area contributed by atoms with Gasteiger partial charge in [0.05, 0.1) is 0 Å². The maximum Gasteiger partial charge on any atom is 0.224 e. The van der Waals surface area contributed by atoms with Gasteiger partial charge in [-0.2, -0.15) is 0 Å². The number of benzene rings is 3. The Hall–Kier alpha value is -2.56. The van der Waals surface area contributed by atoms with Gasteiger partial charge < -0.3 is 9.80 Å². The monoisotopic (exact) mass is 458 g/mol. The molecule has 0 radical (unpaired) electrons. The van der Waals surface area contributed by atoms with Crippen LogP contribution in [0, 0.1) is 6.92 Å². The number of nitrogens with zero attached hydrogens (tertiary/aromatic N) is 2. The maximum absolute atomic E-state index is 13.2. The van der Waals surface area contributed by atoms with Gasteiger partial charge in [-0.1, -0.05) is 78.4 Å². The van der Waals surface area contributed by atoms with E-state index in [2.05, 4.69) is 102 Å². The van der Waals surface area contributed by atoms with Gasteiger partial charge in [-0.3, -0.25) is 4.79 Å². The molecule has 1 fully saturated rings. The SMILES string of the molecule is Cc1ccc(SC[C@H](Cc2ccccc2)N2CCN(CCc3ccccc3)CCC2=O)cc1. The summed E-state index contributed by atoms with van der Waals surface area (Å²) >= 11 is 1.86. The Kier molecular flexibility index (Phi) is 8.62. The van der Waals surface area contributed by atoms with Crippen LogP contribution in [-0.2, 0) is 17.6 Å². The maximum atomic E-state index is 13.2. The summed E-state index contributed by atoms with van der Waals surface area (Å²) in [6.07, 6.45) is 2.54. The van der Waals surface area contributed by atoms with Gasteiger partial charge in [0, 0.05) is 49.3 Å². The van der Waals surface area contributed by atoms with Crippen LogP contribution < -0.4 is 0 Å². The second-order valence-electron chi connectivity index (χ2n) is 8.88. The Morgan fingerprint density at radius 2 is 1.48 bits per heavy atom. The van der Waals surface area contributed by atoms with Crippen molar-refractivity contribution < 1.29 is 4.79 Å². The minimum Gasteiger partial charge on any atom is -0.337 e. The average molecular weight is 459 g/mol. The highest BCUT2D eigenvalue weighted by Crippen LogP contribution is 2.24. The van der Waals surface area contributed by atoms with E-state index in [0.29, 0.717) is 12.3 Å². The number of amides is 1. The molecule has 0 saturated carbocycles. The number of hydrogen-bond donors (Lipinski definition) is 0. The number of thioether (sulfide) groups is 1. The lowest BCUT2D eigenvalue weighted by molar-refractivity contribution is -0.132. The highest BCUT2D eigenvalue weighted by Gasteiger charge is 2.27. The van der Waals surface area contributed by atoms with Crippen LogP contribution in [0.1, 0.15) is 23.1 Å². The molecule has 0 aliphatic carbocycles.